The fourth-order valence-electron chi connectivity index (χ4n) is 1.81. The first-order valence-corrected chi connectivity index (χ1v) is 5.68. The molecule has 0 spiro atoms. The Balaban J connectivity index is 2.99. The molecule has 17 heavy (non-hydrogen) atoms. The molecule has 1 aromatic rings. The maximum absolute atomic E-state index is 8.84. The summed E-state index contributed by atoms with van der Waals surface area (Å²) in [6.45, 7) is 3.05. The molecule has 1 aromatic carbocycles. The van der Waals surface area contributed by atoms with E-state index in [1.807, 2.05) is 26.1 Å². The zero-order valence-corrected chi connectivity index (χ0v) is 11.0. The average Bonchev–Trinajstić information content (AvgIpc) is 2.35. The summed E-state index contributed by atoms with van der Waals surface area (Å²) in [5, 5.41) is 8.84. The number of hydrogen-bond acceptors (Lipinski definition) is 4. The van der Waals surface area contributed by atoms with E-state index in [0.717, 1.165) is 35.7 Å². The number of anilines is 1. The third-order valence-electron chi connectivity index (χ3n) is 2.76. The van der Waals surface area contributed by atoms with Crippen molar-refractivity contribution >= 4 is 5.69 Å². The molecule has 1 N–H and O–H groups in total. The lowest BCUT2D eigenvalue weighted by atomic mass is 10.1. The SMILES string of the molecule is COc1cc(C)c(N(C)CCCO)cc1OC. The number of nitrogens with zero attached hydrogens (tertiary/aromatic N) is 1. The van der Waals surface area contributed by atoms with Crippen molar-refractivity contribution in [2.24, 2.45) is 0 Å². The number of ether oxygens (including phenoxy) is 2. The van der Waals surface area contributed by atoms with Gasteiger partial charge < -0.3 is 19.5 Å². The molecule has 0 aliphatic rings. The lowest BCUT2D eigenvalue weighted by molar-refractivity contribution is 0.290. The van der Waals surface area contributed by atoms with Crippen molar-refractivity contribution in [2.45, 2.75) is 13.3 Å². The van der Waals surface area contributed by atoms with Gasteiger partial charge in [-0.05, 0) is 25.0 Å². The number of benzene rings is 1. The highest BCUT2D eigenvalue weighted by molar-refractivity contribution is 5.61. The van der Waals surface area contributed by atoms with Gasteiger partial charge in [-0.3, -0.25) is 0 Å². The second-order valence-corrected chi connectivity index (χ2v) is 3.99. The predicted octanol–water partition coefficient (Wildman–Crippen LogP) is 1.83. The molecule has 0 fully saturated rings. The number of aryl methyl sites for hydroxylation is 1. The largest absolute Gasteiger partial charge is 0.493 e. The molecular weight excluding hydrogens is 218 g/mol. The van der Waals surface area contributed by atoms with E-state index in [9.17, 15) is 0 Å². The summed E-state index contributed by atoms with van der Waals surface area (Å²) in [6, 6.07) is 3.93. The van der Waals surface area contributed by atoms with Gasteiger partial charge >= 0.3 is 0 Å². The van der Waals surface area contributed by atoms with E-state index in [-0.39, 0.29) is 6.61 Å². The van der Waals surface area contributed by atoms with Crippen LogP contribution in [0.1, 0.15) is 12.0 Å². The Hall–Kier alpha value is -1.42. The quantitative estimate of drug-likeness (QED) is 0.822. The molecule has 0 atom stereocenters. The van der Waals surface area contributed by atoms with Crippen LogP contribution in [-0.2, 0) is 0 Å². The first kappa shape index (κ1) is 13.6. The van der Waals surface area contributed by atoms with E-state index in [4.69, 9.17) is 14.6 Å². The van der Waals surface area contributed by atoms with Gasteiger partial charge in [-0.2, -0.15) is 0 Å². The van der Waals surface area contributed by atoms with Crippen molar-refractivity contribution in [3.05, 3.63) is 17.7 Å². The number of rotatable bonds is 6. The van der Waals surface area contributed by atoms with Crippen molar-refractivity contribution in [2.75, 3.05) is 39.3 Å². The standard InChI is InChI=1S/C13H21NO3/c1-10-8-12(16-3)13(17-4)9-11(10)14(2)6-5-7-15/h8-9,15H,5-7H2,1-4H3. The molecule has 4 heteroatoms. The third kappa shape index (κ3) is 3.27. The molecular formula is C13H21NO3. The average molecular weight is 239 g/mol. The highest BCUT2D eigenvalue weighted by Crippen LogP contribution is 2.34. The van der Waals surface area contributed by atoms with Gasteiger partial charge in [0.15, 0.2) is 11.5 Å². The van der Waals surface area contributed by atoms with Crippen LogP contribution in [0.3, 0.4) is 0 Å². The van der Waals surface area contributed by atoms with Crippen LogP contribution in [-0.4, -0.2) is 39.5 Å². The van der Waals surface area contributed by atoms with Crippen molar-refractivity contribution in [1.82, 2.24) is 0 Å². The van der Waals surface area contributed by atoms with Crippen LogP contribution in [0.25, 0.3) is 0 Å². The molecule has 0 aromatic heterocycles. The Morgan fingerprint density at radius 3 is 2.29 bits per heavy atom. The highest BCUT2D eigenvalue weighted by Gasteiger charge is 2.11. The van der Waals surface area contributed by atoms with Gasteiger partial charge in [-0.25, -0.2) is 0 Å². The molecule has 0 aliphatic heterocycles. The fourth-order valence-corrected chi connectivity index (χ4v) is 1.81. The third-order valence-corrected chi connectivity index (χ3v) is 2.76. The molecule has 0 amide bonds. The summed E-state index contributed by atoms with van der Waals surface area (Å²) in [7, 11) is 5.26. The first-order chi connectivity index (χ1) is 8.13. The summed E-state index contributed by atoms with van der Waals surface area (Å²) < 4.78 is 10.5. The van der Waals surface area contributed by atoms with Gasteiger partial charge in [0.25, 0.3) is 0 Å². The van der Waals surface area contributed by atoms with E-state index in [0.29, 0.717) is 0 Å². The van der Waals surface area contributed by atoms with Crippen molar-refractivity contribution in [3.8, 4) is 11.5 Å². The van der Waals surface area contributed by atoms with Gasteiger partial charge in [0.05, 0.1) is 14.2 Å². The maximum Gasteiger partial charge on any atom is 0.162 e. The number of methoxy groups -OCH3 is 2. The van der Waals surface area contributed by atoms with E-state index < -0.39 is 0 Å². The summed E-state index contributed by atoms with van der Waals surface area (Å²) >= 11 is 0. The van der Waals surface area contributed by atoms with Crippen molar-refractivity contribution < 1.29 is 14.6 Å². The number of hydrogen-bond donors (Lipinski definition) is 1. The monoisotopic (exact) mass is 239 g/mol. The molecule has 0 aliphatic carbocycles. The minimum atomic E-state index is 0.205. The van der Waals surface area contributed by atoms with Crippen LogP contribution < -0.4 is 14.4 Å². The molecule has 0 heterocycles. The zero-order chi connectivity index (χ0) is 12.8. The fraction of sp³-hybridized carbons (Fsp3) is 0.538. The number of aliphatic hydroxyl groups is 1. The summed E-state index contributed by atoms with van der Waals surface area (Å²) in [5.74, 6) is 1.47. The van der Waals surface area contributed by atoms with Gasteiger partial charge in [0, 0.05) is 32.0 Å². The second kappa shape index (κ2) is 6.35. The smallest absolute Gasteiger partial charge is 0.162 e. The molecule has 1 rings (SSSR count). The minimum absolute atomic E-state index is 0.205. The van der Waals surface area contributed by atoms with E-state index >= 15 is 0 Å². The summed E-state index contributed by atoms with van der Waals surface area (Å²) in [5.41, 5.74) is 2.22. The normalized spacial score (nSPS) is 10.2. The van der Waals surface area contributed by atoms with Crippen LogP contribution in [0.4, 0.5) is 5.69 Å². The lowest BCUT2D eigenvalue weighted by Crippen LogP contribution is -2.20. The lowest BCUT2D eigenvalue weighted by Gasteiger charge is -2.22. The van der Waals surface area contributed by atoms with Crippen LogP contribution in [0.2, 0.25) is 0 Å². The van der Waals surface area contributed by atoms with Crippen LogP contribution in [0, 0.1) is 6.92 Å². The van der Waals surface area contributed by atoms with Crippen LogP contribution in [0.15, 0.2) is 12.1 Å². The Kier molecular flexibility index (Phi) is 5.10. The van der Waals surface area contributed by atoms with E-state index in [1.165, 1.54) is 0 Å². The molecule has 96 valence electrons. The second-order valence-electron chi connectivity index (χ2n) is 3.99. The maximum atomic E-state index is 8.84. The van der Waals surface area contributed by atoms with Gasteiger partial charge in [-0.1, -0.05) is 0 Å². The van der Waals surface area contributed by atoms with E-state index in [1.54, 1.807) is 14.2 Å². The minimum Gasteiger partial charge on any atom is -0.493 e. The molecule has 0 radical (unpaired) electrons. The van der Waals surface area contributed by atoms with Crippen molar-refractivity contribution in [3.63, 3.8) is 0 Å². The highest BCUT2D eigenvalue weighted by atomic mass is 16.5. The number of aliphatic hydroxyl groups excluding tert-OH is 1. The van der Waals surface area contributed by atoms with Crippen molar-refractivity contribution in [1.29, 1.82) is 0 Å². The Bertz CT molecular complexity index is 366. The van der Waals surface area contributed by atoms with Gasteiger partial charge in [0.2, 0.25) is 0 Å². The Labute approximate surface area is 103 Å². The van der Waals surface area contributed by atoms with E-state index in [2.05, 4.69) is 4.90 Å². The zero-order valence-electron chi connectivity index (χ0n) is 11.0. The molecule has 0 saturated heterocycles. The topological polar surface area (TPSA) is 41.9 Å². The Morgan fingerprint density at radius 1 is 1.18 bits per heavy atom. The summed E-state index contributed by atoms with van der Waals surface area (Å²) in [4.78, 5) is 2.10. The molecule has 0 unspecified atom stereocenters. The van der Waals surface area contributed by atoms with Gasteiger partial charge in [0.1, 0.15) is 0 Å². The van der Waals surface area contributed by atoms with Crippen LogP contribution >= 0.6 is 0 Å². The molecule has 0 saturated carbocycles. The first-order valence-electron chi connectivity index (χ1n) is 5.68. The molecule has 4 nitrogen and oxygen atoms in total. The summed E-state index contributed by atoms with van der Waals surface area (Å²) in [6.07, 6.45) is 0.754. The Morgan fingerprint density at radius 2 is 1.76 bits per heavy atom. The van der Waals surface area contributed by atoms with Gasteiger partial charge in [-0.15, -0.1) is 0 Å². The predicted molar refractivity (Wildman–Crippen MR) is 69.3 cm³/mol. The van der Waals surface area contributed by atoms with Crippen LogP contribution in [0.5, 0.6) is 11.5 Å². The molecule has 0 bridgehead atoms.